The number of nitrogens with one attached hydrogen (secondary N) is 2. The third-order valence-electron chi connectivity index (χ3n) is 3.68. The van der Waals surface area contributed by atoms with Crippen LogP contribution in [0.1, 0.15) is 47.0 Å². The van der Waals surface area contributed by atoms with Gasteiger partial charge in [-0.15, -0.1) is 0 Å². The first-order valence-electron chi connectivity index (χ1n) is 6.53. The molecular formula is C13H26N2O. The number of carbonyl (C=O) groups is 1. The molecule has 3 nitrogen and oxygen atoms in total. The smallest absolute Gasteiger partial charge is 0.234 e. The lowest BCUT2D eigenvalue weighted by Gasteiger charge is -2.34. The average Bonchev–Trinajstić information content (AvgIpc) is 2.19. The van der Waals surface area contributed by atoms with E-state index in [2.05, 4.69) is 24.5 Å². The van der Waals surface area contributed by atoms with E-state index in [0.29, 0.717) is 18.5 Å². The molecule has 0 radical (unpaired) electrons. The molecular weight excluding hydrogens is 200 g/mol. The van der Waals surface area contributed by atoms with E-state index in [4.69, 9.17) is 0 Å². The monoisotopic (exact) mass is 226 g/mol. The molecule has 1 amide bonds. The lowest BCUT2D eigenvalue weighted by molar-refractivity contribution is -0.121. The quantitative estimate of drug-likeness (QED) is 0.769. The Bertz CT molecular complexity index is 228. The second-order valence-corrected chi connectivity index (χ2v) is 5.48. The molecule has 1 fully saturated rings. The third kappa shape index (κ3) is 4.12. The summed E-state index contributed by atoms with van der Waals surface area (Å²) in [5.41, 5.74) is 0. The normalized spacial score (nSPS) is 30.4. The zero-order chi connectivity index (χ0) is 12.1. The fraction of sp³-hybridized carbons (Fsp3) is 0.923. The molecule has 1 saturated carbocycles. The second kappa shape index (κ2) is 6.24. The average molecular weight is 226 g/mol. The largest absolute Gasteiger partial charge is 0.353 e. The van der Waals surface area contributed by atoms with Crippen molar-refractivity contribution in [2.45, 2.75) is 59.0 Å². The molecule has 3 atom stereocenters. The third-order valence-corrected chi connectivity index (χ3v) is 3.68. The van der Waals surface area contributed by atoms with Gasteiger partial charge in [0.05, 0.1) is 6.54 Å². The van der Waals surface area contributed by atoms with Crippen molar-refractivity contribution in [1.82, 2.24) is 10.6 Å². The Morgan fingerprint density at radius 1 is 1.31 bits per heavy atom. The molecule has 1 rings (SSSR count). The van der Waals surface area contributed by atoms with Crippen LogP contribution in [0.15, 0.2) is 0 Å². The zero-order valence-corrected chi connectivity index (χ0v) is 11.0. The highest BCUT2D eigenvalue weighted by atomic mass is 16.1. The molecule has 3 heteroatoms. The first-order valence-corrected chi connectivity index (χ1v) is 6.53. The maximum absolute atomic E-state index is 11.5. The maximum atomic E-state index is 11.5. The summed E-state index contributed by atoms with van der Waals surface area (Å²) in [4.78, 5) is 11.5. The van der Waals surface area contributed by atoms with Gasteiger partial charge >= 0.3 is 0 Å². The van der Waals surface area contributed by atoms with Crippen LogP contribution < -0.4 is 10.6 Å². The van der Waals surface area contributed by atoms with Crippen molar-refractivity contribution >= 4 is 5.91 Å². The second-order valence-electron chi connectivity index (χ2n) is 5.48. The van der Waals surface area contributed by atoms with Crippen LogP contribution in [-0.2, 0) is 4.79 Å². The molecule has 0 saturated heterocycles. The van der Waals surface area contributed by atoms with Gasteiger partial charge in [0.2, 0.25) is 5.91 Å². The molecule has 0 aromatic carbocycles. The SMILES string of the molecule is CC(C)NC(=O)CNC1CCCC(C)C1C. The Kier molecular flexibility index (Phi) is 5.26. The Labute approximate surface area is 99.4 Å². The topological polar surface area (TPSA) is 41.1 Å². The van der Waals surface area contributed by atoms with Gasteiger partial charge in [-0.2, -0.15) is 0 Å². The van der Waals surface area contributed by atoms with Gasteiger partial charge in [0, 0.05) is 12.1 Å². The fourth-order valence-corrected chi connectivity index (χ4v) is 2.47. The lowest BCUT2D eigenvalue weighted by atomic mass is 9.78. The standard InChI is InChI=1S/C13H26N2O/c1-9(2)15-13(16)8-14-12-7-5-6-10(3)11(12)4/h9-12,14H,5-8H2,1-4H3,(H,15,16). The van der Waals surface area contributed by atoms with E-state index in [1.807, 2.05) is 13.8 Å². The van der Waals surface area contributed by atoms with Crippen molar-refractivity contribution in [2.75, 3.05) is 6.54 Å². The Hall–Kier alpha value is -0.570. The highest BCUT2D eigenvalue weighted by molar-refractivity contribution is 5.78. The molecule has 94 valence electrons. The van der Waals surface area contributed by atoms with Crippen molar-refractivity contribution in [3.05, 3.63) is 0 Å². The molecule has 16 heavy (non-hydrogen) atoms. The van der Waals surface area contributed by atoms with Gasteiger partial charge in [-0.25, -0.2) is 0 Å². The molecule has 0 aliphatic heterocycles. The summed E-state index contributed by atoms with van der Waals surface area (Å²) in [5.74, 6) is 1.57. The van der Waals surface area contributed by atoms with Crippen molar-refractivity contribution < 1.29 is 4.79 Å². The van der Waals surface area contributed by atoms with Crippen LogP contribution in [0.4, 0.5) is 0 Å². The van der Waals surface area contributed by atoms with Crippen LogP contribution in [-0.4, -0.2) is 24.5 Å². The van der Waals surface area contributed by atoms with Gasteiger partial charge in [0.1, 0.15) is 0 Å². The van der Waals surface area contributed by atoms with E-state index >= 15 is 0 Å². The summed E-state index contributed by atoms with van der Waals surface area (Å²) in [6.07, 6.45) is 3.83. The molecule has 1 aliphatic carbocycles. The minimum absolute atomic E-state index is 0.112. The summed E-state index contributed by atoms with van der Waals surface area (Å²) in [6, 6.07) is 0.749. The van der Waals surface area contributed by atoms with Crippen LogP contribution in [0.5, 0.6) is 0 Å². The van der Waals surface area contributed by atoms with E-state index in [0.717, 1.165) is 5.92 Å². The van der Waals surface area contributed by atoms with Gasteiger partial charge in [0.15, 0.2) is 0 Å². The highest BCUT2D eigenvalue weighted by Crippen LogP contribution is 2.29. The summed E-state index contributed by atoms with van der Waals surface area (Å²) < 4.78 is 0. The van der Waals surface area contributed by atoms with Gasteiger partial charge in [-0.1, -0.05) is 26.7 Å². The molecule has 2 N–H and O–H groups in total. The van der Waals surface area contributed by atoms with E-state index in [1.54, 1.807) is 0 Å². The van der Waals surface area contributed by atoms with Gasteiger partial charge in [-0.3, -0.25) is 4.79 Å². The summed E-state index contributed by atoms with van der Waals surface area (Å²) in [5, 5.41) is 6.30. The molecule has 0 aromatic heterocycles. The van der Waals surface area contributed by atoms with Crippen molar-refractivity contribution in [3.63, 3.8) is 0 Å². The van der Waals surface area contributed by atoms with Gasteiger partial charge < -0.3 is 10.6 Å². The fourth-order valence-electron chi connectivity index (χ4n) is 2.47. The van der Waals surface area contributed by atoms with E-state index < -0.39 is 0 Å². The molecule has 0 spiro atoms. The Morgan fingerprint density at radius 2 is 2.00 bits per heavy atom. The Morgan fingerprint density at radius 3 is 2.62 bits per heavy atom. The predicted molar refractivity (Wildman–Crippen MR) is 67.2 cm³/mol. The van der Waals surface area contributed by atoms with Crippen LogP contribution in [0.25, 0.3) is 0 Å². The molecule has 0 aromatic rings. The number of amides is 1. The van der Waals surface area contributed by atoms with Crippen molar-refractivity contribution in [3.8, 4) is 0 Å². The van der Waals surface area contributed by atoms with E-state index in [-0.39, 0.29) is 11.9 Å². The molecule has 0 heterocycles. The van der Waals surface area contributed by atoms with Crippen LogP contribution in [0.2, 0.25) is 0 Å². The number of hydrogen-bond donors (Lipinski definition) is 2. The van der Waals surface area contributed by atoms with Gasteiger partial charge in [0.25, 0.3) is 0 Å². The lowest BCUT2D eigenvalue weighted by Crippen LogP contribution is -2.46. The molecule has 0 bridgehead atoms. The molecule has 1 aliphatic rings. The molecule has 3 unspecified atom stereocenters. The summed E-state index contributed by atoms with van der Waals surface area (Å²) >= 11 is 0. The Balaban J connectivity index is 2.28. The highest BCUT2D eigenvalue weighted by Gasteiger charge is 2.26. The van der Waals surface area contributed by atoms with Crippen LogP contribution >= 0.6 is 0 Å². The summed E-state index contributed by atoms with van der Waals surface area (Å²) in [7, 11) is 0. The van der Waals surface area contributed by atoms with Crippen LogP contribution in [0.3, 0.4) is 0 Å². The first kappa shape index (κ1) is 13.5. The number of rotatable bonds is 4. The minimum Gasteiger partial charge on any atom is -0.353 e. The van der Waals surface area contributed by atoms with E-state index in [9.17, 15) is 4.79 Å². The van der Waals surface area contributed by atoms with E-state index in [1.165, 1.54) is 19.3 Å². The number of carbonyl (C=O) groups excluding carboxylic acids is 1. The maximum Gasteiger partial charge on any atom is 0.234 e. The summed E-state index contributed by atoms with van der Waals surface area (Å²) in [6.45, 7) is 9.04. The first-order chi connectivity index (χ1) is 7.50. The van der Waals surface area contributed by atoms with Gasteiger partial charge in [-0.05, 0) is 32.1 Å². The van der Waals surface area contributed by atoms with Crippen molar-refractivity contribution in [1.29, 1.82) is 0 Å². The number of hydrogen-bond acceptors (Lipinski definition) is 2. The minimum atomic E-state index is 0.112. The van der Waals surface area contributed by atoms with Crippen LogP contribution in [0, 0.1) is 11.8 Å². The zero-order valence-electron chi connectivity index (χ0n) is 11.0. The predicted octanol–water partition coefficient (Wildman–Crippen LogP) is 1.93. The van der Waals surface area contributed by atoms with Crippen molar-refractivity contribution in [2.24, 2.45) is 11.8 Å².